The molecule has 1 aliphatic rings. The number of anilines is 4. The van der Waals surface area contributed by atoms with E-state index in [0.29, 0.717) is 17.6 Å². The number of hydrogen-bond donors (Lipinski definition) is 2. The Kier molecular flexibility index (Phi) is 6.67. The van der Waals surface area contributed by atoms with Crippen molar-refractivity contribution in [2.24, 2.45) is 0 Å². The van der Waals surface area contributed by atoms with E-state index in [1.165, 1.54) is 17.0 Å². The fourth-order valence-electron chi connectivity index (χ4n) is 3.60. The summed E-state index contributed by atoms with van der Waals surface area (Å²) in [6.07, 6.45) is 3.61. The van der Waals surface area contributed by atoms with Gasteiger partial charge in [0.15, 0.2) is 0 Å². The number of benzene rings is 1. The molecule has 172 valence electrons. The smallest absolute Gasteiger partial charge is 0.254 e. The molecule has 0 aliphatic heterocycles. The lowest BCUT2D eigenvalue weighted by Crippen LogP contribution is -2.27. The van der Waals surface area contributed by atoms with Gasteiger partial charge in [-0.3, -0.25) is 14.2 Å². The predicted molar refractivity (Wildman–Crippen MR) is 129 cm³/mol. The summed E-state index contributed by atoms with van der Waals surface area (Å²) in [5, 5.41) is 6.03. The van der Waals surface area contributed by atoms with Gasteiger partial charge in [-0.2, -0.15) is 4.98 Å². The van der Waals surface area contributed by atoms with Crippen LogP contribution in [0.2, 0.25) is 0 Å². The molecule has 0 spiro atoms. The number of amides is 1. The lowest BCUT2D eigenvalue weighted by atomic mass is 10.2. The van der Waals surface area contributed by atoms with Crippen LogP contribution in [-0.2, 0) is 11.3 Å². The number of nitrogens with zero attached hydrogens (tertiary/aromatic N) is 5. The Morgan fingerprint density at radius 2 is 1.79 bits per heavy atom. The molecule has 9 nitrogen and oxygen atoms in total. The molecule has 0 unspecified atom stereocenters. The fraction of sp³-hybridized carbons (Fsp3) is 0.375. The highest BCUT2D eigenvalue weighted by Gasteiger charge is 2.25. The van der Waals surface area contributed by atoms with E-state index < -0.39 is 0 Å². The first-order valence-corrected chi connectivity index (χ1v) is 11.3. The van der Waals surface area contributed by atoms with Gasteiger partial charge in [-0.15, -0.1) is 0 Å². The average molecular weight is 448 g/mol. The van der Waals surface area contributed by atoms with Gasteiger partial charge >= 0.3 is 0 Å². The second-order valence-corrected chi connectivity index (χ2v) is 8.17. The van der Waals surface area contributed by atoms with Crippen LogP contribution in [0.5, 0.6) is 0 Å². The Morgan fingerprint density at radius 1 is 1.09 bits per heavy atom. The molecule has 0 saturated heterocycles. The summed E-state index contributed by atoms with van der Waals surface area (Å²) in [7, 11) is 0. The topological polar surface area (TPSA) is 105 Å². The maximum Gasteiger partial charge on any atom is 0.254 e. The van der Waals surface area contributed by atoms with Crippen LogP contribution in [0.3, 0.4) is 0 Å². The van der Waals surface area contributed by atoms with Gasteiger partial charge < -0.3 is 15.5 Å². The van der Waals surface area contributed by atoms with Gasteiger partial charge in [0.25, 0.3) is 5.56 Å². The quantitative estimate of drug-likeness (QED) is 0.518. The van der Waals surface area contributed by atoms with E-state index in [4.69, 9.17) is 0 Å². The van der Waals surface area contributed by atoms with Crippen molar-refractivity contribution >= 4 is 29.0 Å². The Hall–Kier alpha value is -3.75. The van der Waals surface area contributed by atoms with E-state index in [2.05, 4.69) is 44.3 Å². The van der Waals surface area contributed by atoms with Crippen LogP contribution in [-0.4, -0.2) is 38.5 Å². The number of nitrogens with one attached hydrogen (secondary N) is 2. The third kappa shape index (κ3) is 5.74. The highest BCUT2D eigenvalue weighted by Crippen LogP contribution is 2.38. The third-order valence-electron chi connectivity index (χ3n) is 5.56. The van der Waals surface area contributed by atoms with E-state index in [1.54, 1.807) is 12.1 Å². The lowest BCUT2D eigenvalue weighted by Gasteiger charge is -2.20. The van der Waals surface area contributed by atoms with E-state index in [-0.39, 0.29) is 18.0 Å². The number of carbonyl (C=O) groups is 1. The molecular formula is C24H29N7O2. The van der Waals surface area contributed by atoms with Crippen molar-refractivity contribution in [1.82, 2.24) is 19.5 Å². The van der Waals surface area contributed by atoms with Crippen molar-refractivity contribution in [2.75, 3.05) is 28.6 Å². The molecule has 1 fully saturated rings. The largest absolute Gasteiger partial charge is 0.357 e. The fourth-order valence-corrected chi connectivity index (χ4v) is 3.60. The highest BCUT2D eigenvalue weighted by molar-refractivity contribution is 5.90. The van der Waals surface area contributed by atoms with Gasteiger partial charge in [-0.05, 0) is 57.9 Å². The standard InChI is InChI=1S/C24H29N7O2/c1-4-30(5-2)21-12-16(3)26-24(29-21)28-19-10-8-18(9-11-19)27-22(32)14-31-15-25-20(13-23(31)33)17-6-7-17/h8-13,15,17H,4-7,14H2,1-3H3,(H,27,32)(H,26,28,29). The maximum absolute atomic E-state index is 12.4. The maximum atomic E-state index is 12.4. The minimum atomic E-state index is -0.287. The van der Waals surface area contributed by atoms with Crippen molar-refractivity contribution in [1.29, 1.82) is 0 Å². The van der Waals surface area contributed by atoms with Crippen LogP contribution in [0.4, 0.5) is 23.1 Å². The monoisotopic (exact) mass is 447 g/mol. The van der Waals surface area contributed by atoms with E-state index >= 15 is 0 Å². The second-order valence-electron chi connectivity index (χ2n) is 8.17. The first-order valence-electron chi connectivity index (χ1n) is 11.3. The molecule has 2 heterocycles. The Bertz CT molecular complexity index is 1180. The van der Waals surface area contributed by atoms with Crippen molar-refractivity contribution in [3.05, 3.63) is 64.5 Å². The molecule has 1 aromatic carbocycles. The molecular weight excluding hydrogens is 418 g/mol. The summed E-state index contributed by atoms with van der Waals surface area (Å²) in [4.78, 5) is 40.2. The van der Waals surface area contributed by atoms with Crippen LogP contribution in [0, 0.1) is 6.92 Å². The summed E-state index contributed by atoms with van der Waals surface area (Å²) >= 11 is 0. The first-order chi connectivity index (χ1) is 15.9. The van der Waals surface area contributed by atoms with E-state index in [9.17, 15) is 9.59 Å². The summed E-state index contributed by atoms with van der Waals surface area (Å²) in [6, 6.07) is 10.8. The molecule has 9 heteroatoms. The molecule has 0 radical (unpaired) electrons. The number of aryl methyl sites for hydroxylation is 1. The molecule has 0 bridgehead atoms. The summed E-state index contributed by atoms with van der Waals surface area (Å²) < 4.78 is 1.32. The van der Waals surface area contributed by atoms with Crippen LogP contribution in [0.25, 0.3) is 0 Å². The van der Waals surface area contributed by atoms with Gasteiger partial charge in [-0.1, -0.05) is 0 Å². The first kappa shape index (κ1) is 22.4. The lowest BCUT2D eigenvalue weighted by molar-refractivity contribution is -0.116. The molecule has 2 aromatic heterocycles. The van der Waals surface area contributed by atoms with Crippen LogP contribution < -0.4 is 21.1 Å². The Balaban J connectivity index is 1.37. The van der Waals surface area contributed by atoms with Crippen LogP contribution >= 0.6 is 0 Å². The van der Waals surface area contributed by atoms with Crippen molar-refractivity contribution in [3.63, 3.8) is 0 Å². The highest BCUT2D eigenvalue weighted by atomic mass is 16.2. The summed E-state index contributed by atoms with van der Waals surface area (Å²) in [6.45, 7) is 7.79. The normalized spacial score (nSPS) is 12.9. The van der Waals surface area contributed by atoms with Gasteiger partial charge in [0.1, 0.15) is 12.4 Å². The minimum Gasteiger partial charge on any atom is -0.357 e. The molecule has 0 atom stereocenters. The number of aromatic nitrogens is 4. The predicted octanol–water partition coefficient (Wildman–Crippen LogP) is 3.45. The van der Waals surface area contributed by atoms with Crippen LogP contribution in [0.1, 0.15) is 44.0 Å². The summed E-state index contributed by atoms with van der Waals surface area (Å²) in [5.41, 5.74) is 2.94. The van der Waals surface area contributed by atoms with Gasteiger partial charge in [0.05, 0.1) is 12.0 Å². The molecule has 33 heavy (non-hydrogen) atoms. The minimum absolute atomic E-state index is 0.0813. The van der Waals surface area contributed by atoms with Crippen LogP contribution in [0.15, 0.2) is 47.5 Å². The van der Waals surface area contributed by atoms with Crippen molar-refractivity contribution in [2.45, 2.75) is 46.1 Å². The molecule has 4 rings (SSSR count). The Labute approximate surface area is 192 Å². The average Bonchev–Trinajstić information content (AvgIpc) is 3.63. The van der Waals surface area contributed by atoms with Gasteiger partial charge in [0.2, 0.25) is 11.9 Å². The summed E-state index contributed by atoms with van der Waals surface area (Å²) in [5.74, 6) is 1.52. The zero-order valence-corrected chi connectivity index (χ0v) is 19.2. The van der Waals surface area contributed by atoms with Crippen molar-refractivity contribution in [3.8, 4) is 0 Å². The Morgan fingerprint density at radius 3 is 2.42 bits per heavy atom. The van der Waals surface area contributed by atoms with E-state index in [1.807, 2.05) is 25.1 Å². The number of hydrogen-bond acceptors (Lipinski definition) is 7. The zero-order chi connectivity index (χ0) is 23.4. The van der Waals surface area contributed by atoms with E-state index in [0.717, 1.165) is 48.8 Å². The second kappa shape index (κ2) is 9.81. The molecule has 3 aromatic rings. The SMILES string of the molecule is CCN(CC)c1cc(C)nc(Nc2ccc(NC(=O)Cn3cnc(C4CC4)cc3=O)cc2)n1. The van der Waals surface area contributed by atoms with Gasteiger partial charge in [-0.25, -0.2) is 9.97 Å². The van der Waals surface area contributed by atoms with Gasteiger partial charge in [0, 0.05) is 48.2 Å². The molecule has 1 amide bonds. The number of carbonyl (C=O) groups excluding carboxylic acids is 1. The van der Waals surface area contributed by atoms with Crippen molar-refractivity contribution < 1.29 is 4.79 Å². The third-order valence-corrected chi connectivity index (χ3v) is 5.56. The zero-order valence-electron chi connectivity index (χ0n) is 19.2. The number of rotatable bonds is 9. The molecule has 1 saturated carbocycles. The molecule has 1 aliphatic carbocycles. The molecule has 2 N–H and O–H groups in total.